The Labute approximate surface area is 181 Å². The van der Waals surface area contributed by atoms with E-state index in [9.17, 15) is 18.7 Å². The molecule has 2 aromatic heterocycles. The van der Waals surface area contributed by atoms with Gasteiger partial charge in [-0.25, -0.2) is 13.8 Å². The first-order chi connectivity index (χ1) is 15.0. The molecule has 0 radical (unpaired) electrons. The van der Waals surface area contributed by atoms with Gasteiger partial charge in [0.25, 0.3) is 5.56 Å². The number of aromatic amines is 1. The average Bonchev–Trinajstić information content (AvgIpc) is 3.20. The predicted molar refractivity (Wildman–Crippen MR) is 118 cm³/mol. The van der Waals surface area contributed by atoms with Gasteiger partial charge >= 0.3 is 0 Å². The van der Waals surface area contributed by atoms with Crippen LogP contribution >= 0.6 is 11.8 Å². The van der Waals surface area contributed by atoms with Gasteiger partial charge in [-0.15, -0.1) is 0 Å². The van der Waals surface area contributed by atoms with E-state index in [2.05, 4.69) is 15.3 Å². The molecule has 0 saturated heterocycles. The molecule has 2 aromatic carbocycles. The number of aliphatic hydroxyl groups excluding tert-OH is 1. The van der Waals surface area contributed by atoms with Crippen molar-refractivity contribution in [2.75, 3.05) is 11.1 Å². The molecular weight excluding hydrogens is 422 g/mol. The largest absolute Gasteiger partial charge is 0.373 e. The first kappa shape index (κ1) is 21.1. The van der Waals surface area contributed by atoms with Gasteiger partial charge < -0.3 is 15.4 Å². The van der Waals surface area contributed by atoms with Gasteiger partial charge in [-0.2, -0.15) is 0 Å². The Morgan fingerprint density at radius 1 is 1.23 bits per heavy atom. The summed E-state index contributed by atoms with van der Waals surface area (Å²) in [4.78, 5) is 20.6. The summed E-state index contributed by atoms with van der Waals surface area (Å²) in [5, 5.41) is 13.2. The Morgan fingerprint density at radius 3 is 2.74 bits per heavy atom. The van der Waals surface area contributed by atoms with Crippen LogP contribution in [0, 0.1) is 11.6 Å². The first-order valence-corrected chi connectivity index (χ1v) is 10.7. The second-order valence-electron chi connectivity index (χ2n) is 6.83. The van der Waals surface area contributed by atoms with Gasteiger partial charge in [0, 0.05) is 30.1 Å². The van der Waals surface area contributed by atoms with Crippen molar-refractivity contribution >= 4 is 28.5 Å². The van der Waals surface area contributed by atoms with Crippen LogP contribution in [0.3, 0.4) is 0 Å². The molecule has 4 aromatic rings. The SMILES string of the molecule is CCn1c(SCC(O)Nc2cc(F)ccc2F)nc2c(-c3ccccc3)c[nH]c2c1=O. The number of thioether (sulfide) groups is 1. The number of H-pyrrole nitrogens is 1. The number of anilines is 1. The number of aliphatic hydroxyl groups is 1. The second kappa shape index (κ2) is 8.91. The lowest BCUT2D eigenvalue weighted by Crippen LogP contribution is -2.25. The molecule has 31 heavy (non-hydrogen) atoms. The van der Waals surface area contributed by atoms with Crippen molar-refractivity contribution in [3.63, 3.8) is 0 Å². The highest BCUT2D eigenvalue weighted by Gasteiger charge is 2.17. The number of hydrogen-bond acceptors (Lipinski definition) is 5. The normalized spacial score (nSPS) is 12.3. The smallest absolute Gasteiger partial charge is 0.278 e. The van der Waals surface area contributed by atoms with Gasteiger partial charge in [0.1, 0.15) is 28.9 Å². The fourth-order valence-corrected chi connectivity index (χ4v) is 4.20. The highest BCUT2D eigenvalue weighted by molar-refractivity contribution is 7.99. The third-order valence-corrected chi connectivity index (χ3v) is 5.82. The van der Waals surface area contributed by atoms with E-state index in [0.717, 1.165) is 41.1 Å². The van der Waals surface area contributed by atoms with Crippen LogP contribution in [0.15, 0.2) is 64.7 Å². The van der Waals surface area contributed by atoms with Crippen LogP contribution < -0.4 is 10.9 Å². The number of nitrogens with one attached hydrogen (secondary N) is 2. The van der Waals surface area contributed by atoms with E-state index in [-0.39, 0.29) is 17.0 Å². The molecule has 1 atom stereocenters. The minimum atomic E-state index is -1.18. The molecule has 0 saturated carbocycles. The predicted octanol–water partition coefficient (Wildman–Crippen LogP) is 4.21. The van der Waals surface area contributed by atoms with E-state index in [4.69, 9.17) is 0 Å². The molecule has 0 aliphatic rings. The fourth-order valence-electron chi connectivity index (χ4n) is 3.28. The molecule has 0 aliphatic carbocycles. The maximum atomic E-state index is 13.8. The zero-order valence-corrected chi connectivity index (χ0v) is 17.4. The monoisotopic (exact) mass is 442 g/mol. The summed E-state index contributed by atoms with van der Waals surface area (Å²) in [6, 6.07) is 12.6. The Morgan fingerprint density at radius 2 is 2.00 bits per heavy atom. The van der Waals surface area contributed by atoms with Crippen molar-refractivity contribution in [1.82, 2.24) is 14.5 Å². The van der Waals surface area contributed by atoms with Gasteiger partial charge in [-0.3, -0.25) is 9.36 Å². The number of fused-ring (bicyclic) bond motifs is 1. The van der Waals surface area contributed by atoms with Crippen LogP contribution in [-0.4, -0.2) is 31.6 Å². The Balaban J connectivity index is 1.62. The number of nitrogens with zero attached hydrogens (tertiary/aromatic N) is 2. The van der Waals surface area contributed by atoms with Crippen molar-refractivity contribution in [3.05, 3.63) is 76.7 Å². The molecule has 4 rings (SSSR count). The summed E-state index contributed by atoms with van der Waals surface area (Å²) in [6.45, 7) is 2.22. The third-order valence-electron chi connectivity index (χ3n) is 4.77. The zero-order chi connectivity index (χ0) is 22.0. The second-order valence-corrected chi connectivity index (χ2v) is 7.82. The lowest BCUT2D eigenvalue weighted by atomic mass is 10.1. The lowest BCUT2D eigenvalue weighted by molar-refractivity contribution is 0.228. The van der Waals surface area contributed by atoms with Crippen molar-refractivity contribution in [2.24, 2.45) is 0 Å². The van der Waals surface area contributed by atoms with Crippen LogP contribution in [0.4, 0.5) is 14.5 Å². The summed E-state index contributed by atoms with van der Waals surface area (Å²) in [5.74, 6) is -1.22. The van der Waals surface area contributed by atoms with Crippen LogP contribution in [0.1, 0.15) is 6.92 Å². The third kappa shape index (κ3) is 4.33. The number of aromatic nitrogens is 3. The molecule has 0 spiro atoms. The minimum Gasteiger partial charge on any atom is -0.373 e. The Hall–Kier alpha value is -3.17. The van der Waals surface area contributed by atoms with E-state index in [0.29, 0.717) is 22.7 Å². The van der Waals surface area contributed by atoms with E-state index in [1.165, 1.54) is 4.57 Å². The molecule has 2 heterocycles. The van der Waals surface area contributed by atoms with Gasteiger partial charge in [-0.05, 0) is 24.6 Å². The summed E-state index contributed by atoms with van der Waals surface area (Å²) < 4.78 is 28.7. The number of benzene rings is 2. The van der Waals surface area contributed by atoms with Gasteiger partial charge in [0.15, 0.2) is 5.16 Å². The van der Waals surface area contributed by atoms with E-state index in [1.54, 1.807) is 6.20 Å². The maximum absolute atomic E-state index is 13.8. The molecule has 9 heteroatoms. The number of hydrogen-bond donors (Lipinski definition) is 3. The molecule has 160 valence electrons. The quantitative estimate of drug-likeness (QED) is 0.227. The number of halogens is 2. The first-order valence-electron chi connectivity index (χ1n) is 9.67. The fraction of sp³-hybridized carbons (Fsp3) is 0.182. The highest BCUT2D eigenvalue weighted by Crippen LogP contribution is 2.28. The number of rotatable bonds is 7. The molecule has 0 amide bonds. The maximum Gasteiger partial charge on any atom is 0.278 e. The molecule has 0 fully saturated rings. The molecule has 1 unspecified atom stereocenters. The van der Waals surface area contributed by atoms with E-state index < -0.39 is 17.9 Å². The highest BCUT2D eigenvalue weighted by atomic mass is 32.2. The molecular formula is C22H20F2N4O2S. The van der Waals surface area contributed by atoms with E-state index >= 15 is 0 Å². The Kier molecular flexibility index (Phi) is 6.06. The molecule has 0 aliphatic heterocycles. The standard InChI is InChI=1S/C22H20F2N4O2S/c1-2-28-21(30)20-19(15(11-25-20)13-6-4-3-5-7-13)27-22(28)31-12-18(29)26-17-10-14(23)8-9-16(17)24/h3-11,18,25-26,29H,2,12H2,1H3. The summed E-state index contributed by atoms with van der Waals surface area (Å²) >= 11 is 1.15. The molecule has 0 bridgehead atoms. The topological polar surface area (TPSA) is 82.9 Å². The lowest BCUT2D eigenvalue weighted by Gasteiger charge is -2.16. The van der Waals surface area contributed by atoms with E-state index in [1.807, 2.05) is 37.3 Å². The van der Waals surface area contributed by atoms with Crippen molar-refractivity contribution in [1.29, 1.82) is 0 Å². The minimum absolute atomic E-state index is 0.0684. The Bertz CT molecular complexity index is 1270. The molecule has 3 N–H and O–H groups in total. The van der Waals surface area contributed by atoms with Gasteiger partial charge in [-0.1, -0.05) is 42.1 Å². The van der Waals surface area contributed by atoms with Gasteiger partial charge in [0.05, 0.1) is 5.69 Å². The van der Waals surface area contributed by atoms with Crippen molar-refractivity contribution in [3.8, 4) is 11.1 Å². The summed E-state index contributed by atoms with van der Waals surface area (Å²) in [5.41, 5.74) is 2.33. The van der Waals surface area contributed by atoms with Gasteiger partial charge in [0.2, 0.25) is 0 Å². The zero-order valence-electron chi connectivity index (χ0n) is 16.6. The van der Waals surface area contributed by atoms with Crippen LogP contribution in [0.5, 0.6) is 0 Å². The molecule has 6 nitrogen and oxygen atoms in total. The average molecular weight is 442 g/mol. The van der Waals surface area contributed by atoms with Crippen LogP contribution in [0.2, 0.25) is 0 Å². The van der Waals surface area contributed by atoms with Crippen molar-refractivity contribution < 1.29 is 13.9 Å². The van der Waals surface area contributed by atoms with Crippen LogP contribution in [0.25, 0.3) is 22.2 Å². The van der Waals surface area contributed by atoms with Crippen LogP contribution in [-0.2, 0) is 6.54 Å². The summed E-state index contributed by atoms with van der Waals surface area (Å²) in [7, 11) is 0. The summed E-state index contributed by atoms with van der Waals surface area (Å²) in [6.07, 6.45) is 0.574. The van der Waals surface area contributed by atoms with Crippen molar-refractivity contribution in [2.45, 2.75) is 24.9 Å².